The normalized spacial score (nSPS) is 37.2. The molecule has 6 aliphatic rings. The van der Waals surface area contributed by atoms with Gasteiger partial charge < -0.3 is 93.0 Å². The van der Waals surface area contributed by atoms with E-state index in [1.54, 1.807) is 33.8 Å². The van der Waals surface area contributed by atoms with E-state index in [0.29, 0.717) is 14.9 Å². The van der Waals surface area contributed by atoms with Crippen molar-refractivity contribution < 1.29 is 106 Å². The molecule has 1 aromatic rings. The lowest BCUT2D eigenvalue weighted by Gasteiger charge is -2.48. The first-order chi connectivity index (χ1) is 40.5. The van der Waals surface area contributed by atoms with Crippen molar-refractivity contribution in [2.75, 3.05) is 54.2 Å². The highest BCUT2D eigenvalue weighted by Gasteiger charge is 2.55. The van der Waals surface area contributed by atoms with Crippen molar-refractivity contribution in [3.8, 4) is 40.9 Å². The summed E-state index contributed by atoms with van der Waals surface area (Å²) in [6.07, 6.45) is -12.4. The Bertz CT molecular complexity index is 2720. The van der Waals surface area contributed by atoms with Crippen LogP contribution in [0.5, 0.6) is 17.2 Å². The molecule has 1 aromatic carbocycles. The molecule has 2 amide bonds. The first kappa shape index (κ1) is 69.3. The van der Waals surface area contributed by atoms with Gasteiger partial charge in [-0.05, 0) is 89.7 Å². The van der Waals surface area contributed by atoms with Gasteiger partial charge in [0, 0.05) is 45.7 Å². The van der Waals surface area contributed by atoms with Crippen molar-refractivity contribution in [1.82, 2.24) is 16.1 Å². The zero-order chi connectivity index (χ0) is 62.0. The summed E-state index contributed by atoms with van der Waals surface area (Å²) < 4.78 is 72.3. The summed E-state index contributed by atoms with van der Waals surface area (Å²) >= 11 is 2.80. The van der Waals surface area contributed by atoms with Crippen LogP contribution in [0.2, 0.25) is 0 Å². The minimum absolute atomic E-state index is 0.0163. The number of hydrogen-bond acceptors (Lipinski definition) is 27. The fourth-order valence-corrected chi connectivity index (χ4v) is 15.1. The van der Waals surface area contributed by atoms with Crippen LogP contribution < -0.4 is 30.3 Å². The first-order valence-corrected chi connectivity index (χ1v) is 33.0. The van der Waals surface area contributed by atoms with Crippen LogP contribution in [-0.4, -0.2) is 224 Å². The lowest BCUT2D eigenvalue weighted by atomic mass is 9.68. The number of allylic oxidation sites excluding steroid dienone is 2. The average molecular weight is 1380 g/mol. The molecule has 2 aliphatic carbocycles. The van der Waals surface area contributed by atoms with E-state index in [0.717, 1.165) is 18.9 Å². The molecule has 21 atom stereocenters. The Balaban J connectivity index is 1.11. The van der Waals surface area contributed by atoms with Gasteiger partial charge >= 0.3 is 6.09 Å². The van der Waals surface area contributed by atoms with E-state index < -0.39 is 151 Å². The second-order valence-corrected chi connectivity index (χ2v) is 27.2. The molecular formula is C55H74IN3O22S4. The summed E-state index contributed by atoms with van der Waals surface area (Å²) in [7, 11) is 11.1. The maximum Gasteiger partial charge on any atom is 0.407 e. The van der Waals surface area contributed by atoms with Gasteiger partial charge in [-0.2, -0.15) is 5.48 Å². The van der Waals surface area contributed by atoms with Crippen LogP contribution >= 0.6 is 65.8 Å². The number of aliphatic hydroxyl groups excluding tert-OH is 4. The van der Waals surface area contributed by atoms with Crippen molar-refractivity contribution in [3.05, 3.63) is 38.5 Å². The number of carbonyl (C=O) groups excluding carboxylic acids is 4. The van der Waals surface area contributed by atoms with Crippen LogP contribution in [0.4, 0.5) is 4.79 Å². The Kier molecular flexibility index (Phi) is 25.7. The zero-order valence-electron chi connectivity index (χ0n) is 48.5. The van der Waals surface area contributed by atoms with Crippen molar-refractivity contribution in [3.63, 3.8) is 0 Å². The molecule has 30 heteroatoms. The van der Waals surface area contributed by atoms with Gasteiger partial charge in [0.05, 0.1) is 91.3 Å². The minimum Gasteiger partial charge on any atom is -0.492 e. The predicted molar refractivity (Wildman–Crippen MR) is 320 cm³/mol. The van der Waals surface area contributed by atoms with E-state index >= 15 is 0 Å². The highest BCUT2D eigenvalue weighted by Crippen LogP contribution is 2.49. The van der Waals surface area contributed by atoms with E-state index in [1.807, 2.05) is 28.8 Å². The number of alkyl carbamates (subject to hydrolysis) is 1. The fraction of sp³-hybridized carbons (Fsp3) is 0.673. The van der Waals surface area contributed by atoms with Gasteiger partial charge in [-0.15, -0.1) is 0 Å². The average Bonchev–Trinajstić information content (AvgIpc) is 1.02. The topological polar surface area (TPSA) is 326 Å². The summed E-state index contributed by atoms with van der Waals surface area (Å²) in [6.45, 7) is 7.90. The Morgan fingerprint density at radius 1 is 0.859 bits per heavy atom. The molecule has 0 radical (unpaired) electrons. The number of hydrogen-bond donors (Lipinski definition) is 8. The molecule has 85 heavy (non-hydrogen) atoms. The van der Waals surface area contributed by atoms with E-state index in [9.17, 15) is 44.7 Å². The molecule has 472 valence electrons. The largest absolute Gasteiger partial charge is 0.492 e. The van der Waals surface area contributed by atoms with E-state index in [2.05, 4.69) is 39.8 Å². The smallest absolute Gasteiger partial charge is 0.407 e. The summed E-state index contributed by atoms with van der Waals surface area (Å²) in [5.41, 5.74) is 1.64. The number of halogens is 1. The quantitative estimate of drug-likeness (QED) is 0.0219. The van der Waals surface area contributed by atoms with E-state index in [-0.39, 0.29) is 53.7 Å². The summed E-state index contributed by atoms with van der Waals surface area (Å²) in [5, 5.41) is 62.2. The number of carbonyl (C=O) groups is 4. The molecule has 25 nitrogen and oxygen atoms in total. The van der Waals surface area contributed by atoms with Gasteiger partial charge in [0.25, 0.3) is 0 Å². The standard InChI is InChI=1S/C55H74IN3O22S4/c1-24-37(45(70-7)49(72-9)46(39(24)56)80-52-44(65)47(71-8)42(63)26(3)77-52)51(66)84-50-27(4)75-36(20-31(50)61)81-59-40-25(2)76-53(48(43(40)64)79-35-21-34(69-6)30(23-74-35)57-28(5)60)78-33-16-14-12-13-15-18-55(68)22-32(62)41(58-54(67)73-10)38(33)29(55)17-19-83-85-82-11/h12-13,17,25-27,30-31,33-36,38,40-44,47-48,50,52-53,59,61,63-65,68H,19-23H2,1-11H3,(H,57,60)(H,58,67)/b13-12-,29-17+/t25?,26?,27?,30?,31?,33-,34?,35+,36?,38?,40?,41?,42?,43?,44?,47?,48?,50?,52?,53?,55-/m0/s1. The Morgan fingerprint density at radius 3 is 2.24 bits per heavy atom. The van der Waals surface area contributed by atoms with Crippen LogP contribution in [0, 0.1) is 40.1 Å². The minimum atomic E-state index is -2.02. The molecule has 7 rings (SSSR count). The van der Waals surface area contributed by atoms with Crippen LogP contribution in [0.25, 0.3) is 0 Å². The number of amides is 2. The van der Waals surface area contributed by atoms with Crippen LogP contribution in [0.1, 0.15) is 62.9 Å². The highest BCUT2D eigenvalue weighted by molar-refractivity contribution is 14.1. The number of thioether (sulfide) groups is 1. The van der Waals surface area contributed by atoms with Gasteiger partial charge in [-0.1, -0.05) is 63.1 Å². The molecule has 2 bridgehead atoms. The number of methoxy groups -OCH3 is 5. The predicted octanol–water partition coefficient (Wildman–Crippen LogP) is 2.45. The molecule has 1 saturated carbocycles. The Labute approximate surface area is 522 Å². The maximum absolute atomic E-state index is 14.4. The van der Waals surface area contributed by atoms with Gasteiger partial charge in [0.2, 0.25) is 23.1 Å². The van der Waals surface area contributed by atoms with Crippen LogP contribution in [-0.2, 0) is 57.1 Å². The number of nitrogens with one attached hydrogen (secondary N) is 3. The third kappa shape index (κ3) is 16.2. The van der Waals surface area contributed by atoms with Crippen molar-refractivity contribution in [2.45, 2.75) is 175 Å². The molecule has 8 N–H and O–H groups in total. The number of hydroxylamine groups is 1. The van der Waals surface area contributed by atoms with Gasteiger partial charge in [0.1, 0.15) is 42.7 Å². The molecule has 18 unspecified atom stereocenters. The second kappa shape index (κ2) is 31.5. The van der Waals surface area contributed by atoms with Gasteiger partial charge in [0.15, 0.2) is 41.8 Å². The lowest BCUT2D eigenvalue weighted by molar-refractivity contribution is -0.339. The summed E-state index contributed by atoms with van der Waals surface area (Å²) in [5.74, 6) is 9.93. The lowest BCUT2D eigenvalue weighted by Crippen LogP contribution is -2.66. The number of rotatable bonds is 21. The SMILES string of the molecule is COC(=O)NC1C(=O)C[C@@]2(O)C#C/C=C\C#C[C@H](OC3OC(C)C(NOC4CC(O)C(SC(=O)c5c(C)c(I)c(OC6OC(C)C(O)C(OC)C6O)c(OC)c5OC)C(C)O4)C(O)C3O[C@@H]3CC(OC)C(NC(C)=O)CO3)C1/C2=C\CSSSC. The van der Waals surface area contributed by atoms with E-state index in [1.165, 1.54) is 78.9 Å². The molecule has 5 fully saturated rings. The van der Waals surface area contributed by atoms with Gasteiger partial charge in [-0.3, -0.25) is 19.2 Å². The molecule has 0 aromatic heterocycles. The van der Waals surface area contributed by atoms with Gasteiger partial charge in [-0.25, -0.2) is 4.79 Å². The third-order valence-electron chi connectivity index (χ3n) is 15.1. The zero-order valence-corrected chi connectivity index (χ0v) is 53.9. The number of ketones is 1. The monoisotopic (exact) mass is 1380 g/mol. The number of fused-ring (bicyclic) bond motifs is 2. The van der Waals surface area contributed by atoms with Crippen molar-refractivity contribution >= 4 is 88.7 Å². The van der Waals surface area contributed by atoms with Crippen LogP contribution in [0.3, 0.4) is 0 Å². The molecule has 4 heterocycles. The second-order valence-electron chi connectivity index (χ2n) is 20.6. The first-order valence-electron chi connectivity index (χ1n) is 27.0. The molecule has 4 aliphatic heterocycles. The Morgan fingerprint density at radius 2 is 1.58 bits per heavy atom. The maximum atomic E-state index is 14.4. The van der Waals surface area contributed by atoms with E-state index in [4.69, 9.17) is 61.7 Å². The molecule has 4 saturated heterocycles. The third-order valence-corrected chi connectivity index (χ3v) is 21.5. The number of aliphatic hydroxyl groups is 5. The van der Waals surface area contributed by atoms with Crippen LogP contribution in [0.15, 0.2) is 23.8 Å². The Hall–Kier alpha value is -3.17. The molecular weight excluding hydrogens is 1310 g/mol. The number of Topliss-reactive ketones (excluding diaryl/α,β-unsaturated/α-hetero) is 1. The van der Waals surface area contributed by atoms with Crippen molar-refractivity contribution in [1.29, 1.82) is 0 Å². The summed E-state index contributed by atoms with van der Waals surface area (Å²) in [4.78, 5) is 59.7. The molecule has 0 spiro atoms. The fourth-order valence-electron chi connectivity index (χ4n) is 10.9. The summed E-state index contributed by atoms with van der Waals surface area (Å²) in [6, 6.07) is -3.03. The number of benzene rings is 1. The highest BCUT2D eigenvalue weighted by atomic mass is 127. The number of ether oxygens (including phenoxy) is 12. The van der Waals surface area contributed by atoms with Crippen molar-refractivity contribution in [2.24, 2.45) is 5.92 Å².